The Labute approximate surface area is 88.3 Å². The van der Waals surface area contributed by atoms with E-state index in [1.165, 1.54) is 0 Å². The van der Waals surface area contributed by atoms with Gasteiger partial charge in [-0.1, -0.05) is 18.2 Å². The lowest BCUT2D eigenvalue weighted by Crippen LogP contribution is -2.13. The van der Waals surface area contributed by atoms with Gasteiger partial charge in [0.05, 0.1) is 11.6 Å². The van der Waals surface area contributed by atoms with Gasteiger partial charge in [0.1, 0.15) is 6.61 Å². The van der Waals surface area contributed by atoms with Crippen LogP contribution in [0, 0.1) is 0 Å². The number of aliphatic hydroxyl groups excluding tert-OH is 1. The molecule has 0 aliphatic heterocycles. The summed E-state index contributed by atoms with van der Waals surface area (Å²) in [5, 5.41) is 10.2. The van der Waals surface area contributed by atoms with E-state index in [1.807, 2.05) is 36.4 Å². The number of rotatable bonds is 3. The van der Waals surface area contributed by atoms with E-state index in [4.69, 9.17) is 9.84 Å². The molecule has 1 unspecified atom stereocenters. The Hall–Kier alpha value is -1.61. The van der Waals surface area contributed by atoms with Gasteiger partial charge >= 0.3 is 0 Å². The van der Waals surface area contributed by atoms with Crippen LogP contribution in [0.4, 0.5) is 0 Å². The van der Waals surface area contributed by atoms with Crippen LogP contribution in [0.5, 0.6) is 5.88 Å². The second-order valence-corrected chi connectivity index (χ2v) is 3.50. The molecular weight excluding hydrogens is 190 g/mol. The summed E-state index contributed by atoms with van der Waals surface area (Å²) in [6.45, 7) is 1.95. The van der Waals surface area contributed by atoms with E-state index in [-0.39, 0.29) is 6.61 Å². The fraction of sp³-hybridized carbons (Fsp3) is 0.250. The van der Waals surface area contributed by atoms with Crippen molar-refractivity contribution in [2.24, 2.45) is 0 Å². The Morgan fingerprint density at radius 1 is 1.27 bits per heavy atom. The third kappa shape index (κ3) is 2.44. The van der Waals surface area contributed by atoms with Crippen LogP contribution in [0.1, 0.15) is 6.92 Å². The highest BCUT2D eigenvalue weighted by Crippen LogP contribution is 2.15. The quantitative estimate of drug-likeness (QED) is 0.829. The van der Waals surface area contributed by atoms with Crippen LogP contribution in [-0.2, 0) is 0 Å². The summed E-state index contributed by atoms with van der Waals surface area (Å²) >= 11 is 0. The largest absolute Gasteiger partial charge is 0.475 e. The van der Waals surface area contributed by atoms with Gasteiger partial charge in [-0.3, -0.25) is 0 Å². The number of aromatic nitrogens is 1. The van der Waals surface area contributed by atoms with E-state index < -0.39 is 6.10 Å². The van der Waals surface area contributed by atoms with Crippen LogP contribution < -0.4 is 4.74 Å². The SMILES string of the molecule is CC(O)COc1ccc2ccccc2n1. The fourth-order valence-electron chi connectivity index (χ4n) is 1.33. The van der Waals surface area contributed by atoms with Crippen LogP contribution >= 0.6 is 0 Å². The zero-order valence-electron chi connectivity index (χ0n) is 8.55. The molecule has 0 saturated carbocycles. The first-order chi connectivity index (χ1) is 7.25. The second-order valence-electron chi connectivity index (χ2n) is 3.50. The van der Waals surface area contributed by atoms with Gasteiger partial charge in [-0.15, -0.1) is 0 Å². The molecule has 0 radical (unpaired) electrons. The summed E-state index contributed by atoms with van der Waals surface area (Å²) < 4.78 is 5.31. The number of ether oxygens (including phenoxy) is 1. The summed E-state index contributed by atoms with van der Waals surface area (Å²) in [7, 11) is 0. The Bertz CT molecular complexity index is 454. The molecule has 1 aromatic heterocycles. The number of hydrogen-bond acceptors (Lipinski definition) is 3. The summed E-state index contributed by atoms with van der Waals surface area (Å²) in [5.41, 5.74) is 0.903. The Balaban J connectivity index is 2.23. The first-order valence-corrected chi connectivity index (χ1v) is 4.92. The van der Waals surface area contributed by atoms with Gasteiger partial charge < -0.3 is 9.84 Å². The first-order valence-electron chi connectivity index (χ1n) is 4.92. The molecule has 1 heterocycles. The van der Waals surface area contributed by atoms with Crippen LogP contribution in [0.3, 0.4) is 0 Å². The van der Waals surface area contributed by atoms with Crippen molar-refractivity contribution in [2.75, 3.05) is 6.61 Å². The highest BCUT2D eigenvalue weighted by molar-refractivity contribution is 5.78. The van der Waals surface area contributed by atoms with Crippen molar-refractivity contribution in [3.63, 3.8) is 0 Å². The molecule has 2 aromatic rings. The second kappa shape index (κ2) is 4.28. The predicted molar refractivity (Wildman–Crippen MR) is 58.9 cm³/mol. The summed E-state index contributed by atoms with van der Waals surface area (Å²) in [5.74, 6) is 0.551. The molecule has 3 nitrogen and oxygen atoms in total. The monoisotopic (exact) mass is 203 g/mol. The van der Waals surface area contributed by atoms with Crippen molar-refractivity contribution in [3.8, 4) is 5.88 Å². The predicted octanol–water partition coefficient (Wildman–Crippen LogP) is 1.99. The molecule has 0 aliphatic carbocycles. The molecule has 15 heavy (non-hydrogen) atoms. The van der Waals surface area contributed by atoms with Crippen molar-refractivity contribution in [1.29, 1.82) is 0 Å². The van der Waals surface area contributed by atoms with Crippen LogP contribution in [0.2, 0.25) is 0 Å². The molecule has 0 aliphatic rings. The van der Waals surface area contributed by atoms with Crippen molar-refractivity contribution >= 4 is 10.9 Å². The molecule has 0 spiro atoms. The maximum Gasteiger partial charge on any atom is 0.213 e. The van der Waals surface area contributed by atoms with Gasteiger partial charge in [0.2, 0.25) is 5.88 Å². The molecule has 1 aromatic carbocycles. The van der Waals surface area contributed by atoms with E-state index >= 15 is 0 Å². The van der Waals surface area contributed by atoms with Crippen LogP contribution in [0.25, 0.3) is 10.9 Å². The fourth-order valence-corrected chi connectivity index (χ4v) is 1.33. The average Bonchev–Trinajstić information content (AvgIpc) is 2.26. The van der Waals surface area contributed by atoms with Crippen molar-refractivity contribution in [2.45, 2.75) is 13.0 Å². The minimum absolute atomic E-state index is 0.269. The van der Waals surface area contributed by atoms with E-state index in [0.29, 0.717) is 5.88 Å². The first kappa shape index (κ1) is 9.93. The van der Waals surface area contributed by atoms with Gasteiger partial charge in [-0.05, 0) is 19.1 Å². The number of hydrogen-bond donors (Lipinski definition) is 1. The van der Waals surface area contributed by atoms with E-state index in [9.17, 15) is 0 Å². The lowest BCUT2D eigenvalue weighted by Gasteiger charge is -2.07. The average molecular weight is 203 g/mol. The highest BCUT2D eigenvalue weighted by Gasteiger charge is 2.00. The maximum absolute atomic E-state index is 9.07. The van der Waals surface area contributed by atoms with Crippen LogP contribution in [-0.4, -0.2) is 22.8 Å². The highest BCUT2D eigenvalue weighted by atomic mass is 16.5. The lowest BCUT2D eigenvalue weighted by atomic mass is 10.2. The smallest absolute Gasteiger partial charge is 0.213 e. The molecule has 1 N–H and O–H groups in total. The van der Waals surface area contributed by atoms with Crippen LogP contribution in [0.15, 0.2) is 36.4 Å². The number of pyridine rings is 1. The maximum atomic E-state index is 9.07. The van der Waals surface area contributed by atoms with Crippen molar-refractivity contribution in [3.05, 3.63) is 36.4 Å². The third-order valence-electron chi connectivity index (χ3n) is 2.05. The van der Waals surface area contributed by atoms with Gasteiger partial charge in [-0.2, -0.15) is 0 Å². The lowest BCUT2D eigenvalue weighted by molar-refractivity contribution is 0.120. The number of para-hydroxylation sites is 1. The van der Waals surface area contributed by atoms with Crippen molar-refractivity contribution in [1.82, 2.24) is 4.98 Å². The van der Waals surface area contributed by atoms with E-state index in [0.717, 1.165) is 10.9 Å². The number of benzene rings is 1. The number of aliphatic hydroxyl groups is 1. The Morgan fingerprint density at radius 2 is 2.07 bits per heavy atom. The van der Waals surface area contributed by atoms with E-state index in [1.54, 1.807) is 6.92 Å². The minimum atomic E-state index is -0.474. The summed E-state index contributed by atoms with van der Waals surface area (Å²) in [4.78, 5) is 4.31. The van der Waals surface area contributed by atoms with Crippen molar-refractivity contribution < 1.29 is 9.84 Å². The molecule has 3 heteroatoms. The zero-order chi connectivity index (χ0) is 10.7. The molecule has 0 saturated heterocycles. The molecule has 0 fully saturated rings. The molecule has 2 rings (SSSR count). The molecule has 1 atom stereocenters. The zero-order valence-corrected chi connectivity index (χ0v) is 8.55. The summed E-state index contributed by atoms with van der Waals surface area (Å²) in [6.07, 6.45) is -0.474. The topological polar surface area (TPSA) is 42.4 Å². The van der Waals surface area contributed by atoms with E-state index in [2.05, 4.69) is 4.98 Å². The minimum Gasteiger partial charge on any atom is -0.475 e. The number of fused-ring (bicyclic) bond motifs is 1. The number of nitrogens with zero attached hydrogens (tertiary/aromatic N) is 1. The molecular formula is C12H13NO2. The Morgan fingerprint density at radius 3 is 2.87 bits per heavy atom. The standard InChI is InChI=1S/C12H13NO2/c1-9(14)8-15-12-7-6-10-4-2-3-5-11(10)13-12/h2-7,9,14H,8H2,1H3. The summed E-state index contributed by atoms with van der Waals surface area (Å²) in [6, 6.07) is 11.6. The molecule has 0 amide bonds. The van der Waals surface area contributed by atoms with Gasteiger partial charge in [0, 0.05) is 11.5 Å². The molecule has 0 bridgehead atoms. The van der Waals surface area contributed by atoms with Gasteiger partial charge in [-0.25, -0.2) is 4.98 Å². The molecule has 78 valence electrons. The third-order valence-corrected chi connectivity index (χ3v) is 2.05. The normalized spacial score (nSPS) is 12.7. The Kier molecular flexibility index (Phi) is 2.83. The van der Waals surface area contributed by atoms with Gasteiger partial charge in [0.15, 0.2) is 0 Å². The van der Waals surface area contributed by atoms with Gasteiger partial charge in [0.25, 0.3) is 0 Å².